The van der Waals surface area contributed by atoms with Gasteiger partial charge in [0, 0.05) is 31.4 Å². The predicted octanol–water partition coefficient (Wildman–Crippen LogP) is 3.75. The number of carbonyl (C=O) groups is 1. The van der Waals surface area contributed by atoms with Gasteiger partial charge in [0.1, 0.15) is 0 Å². The fourth-order valence-corrected chi connectivity index (χ4v) is 4.06. The molecule has 1 aliphatic heterocycles. The summed E-state index contributed by atoms with van der Waals surface area (Å²) in [5.41, 5.74) is 4.05. The number of nitrogens with one attached hydrogen (secondary N) is 1. The van der Waals surface area contributed by atoms with Crippen LogP contribution < -0.4 is 5.32 Å². The van der Waals surface area contributed by atoms with Gasteiger partial charge < -0.3 is 5.32 Å². The number of aromatic nitrogens is 1. The normalized spacial score (nSPS) is 18.1. The van der Waals surface area contributed by atoms with Gasteiger partial charge in [0.2, 0.25) is 5.91 Å². The number of likely N-dealkylation sites (tertiary alicyclic amines) is 1. The molecular formula is C24H31N3O. The van der Waals surface area contributed by atoms with E-state index in [4.69, 9.17) is 0 Å². The van der Waals surface area contributed by atoms with Crippen molar-refractivity contribution in [2.45, 2.75) is 57.5 Å². The number of amides is 1. The highest BCUT2D eigenvalue weighted by atomic mass is 16.1. The van der Waals surface area contributed by atoms with Crippen LogP contribution in [0.25, 0.3) is 0 Å². The Morgan fingerprint density at radius 2 is 1.61 bits per heavy atom. The van der Waals surface area contributed by atoms with Gasteiger partial charge >= 0.3 is 0 Å². The minimum absolute atomic E-state index is 0.199. The number of aryl methyl sites for hydroxylation is 1. The first-order valence-corrected chi connectivity index (χ1v) is 10.7. The van der Waals surface area contributed by atoms with Crippen molar-refractivity contribution in [3.63, 3.8) is 0 Å². The summed E-state index contributed by atoms with van der Waals surface area (Å²) < 4.78 is 0. The molecule has 1 N–H and O–H groups in total. The van der Waals surface area contributed by atoms with E-state index < -0.39 is 0 Å². The van der Waals surface area contributed by atoms with Crippen LogP contribution in [0.2, 0.25) is 0 Å². The quantitative estimate of drug-likeness (QED) is 0.762. The van der Waals surface area contributed by atoms with Crippen LogP contribution in [-0.2, 0) is 24.2 Å². The zero-order valence-corrected chi connectivity index (χ0v) is 16.6. The molecule has 2 aliphatic rings. The van der Waals surface area contributed by atoms with E-state index in [1.807, 2.05) is 12.4 Å². The maximum atomic E-state index is 11.8. The van der Waals surface area contributed by atoms with Crippen molar-refractivity contribution in [1.29, 1.82) is 0 Å². The molecule has 148 valence electrons. The molecule has 1 saturated heterocycles. The smallest absolute Gasteiger partial charge is 0.220 e. The molecule has 0 radical (unpaired) electrons. The lowest BCUT2D eigenvalue weighted by Gasteiger charge is -2.32. The lowest BCUT2D eigenvalue weighted by Crippen LogP contribution is -2.33. The van der Waals surface area contributed by atoms with Crippen LogP contribution in [0.3, 0.4) is 0 Å². The highest BCUT2D eigenvalue weighted by molar-refractivity contribution is 5.76. The molecule has 0 bridgehead atoms. The van der Waals surface area contributed by atoms with Gasteiger partial charge in [-0.2, -0.15) is 0 Å². The summed E-state index contributed by atoms with van der Waals surface area (Å²) in [7, 11) is 0. The number of nitrogens with zero attached hydrogens (tertiary/aromatic N) is 2. The van der Waals surface area contributed by atoms with Gasteiger partial charge in [0.05, 0.1) is 0 Å². The molecule has 1 amide bonds. The summed E-state index contributed by atoms with van der Waals surface area (Å²) >= 11 is 0. The van der Waals surface area contributed by atoms with Gasteiger partial charge in [0.15, 0.2) is 0 Å². The Morgan fingerprint density at radius 3 is 2.29 bits per heavy atom. The van der Waals surface area contributed by atoms with E-state index in [0.717, 1.165) is 31.7 Å². The topological polar surface area (TPSA) is 45.2 Å². The molecule has 1 aromatic carbocycles. The van der Waals surface area contributed by atoms with Gasteiger partial charge in [-0.25, -0.2) is 0 Å². The van der Waals surface area contributed by atoms with Crippen molar-refractivity contribution in [2.24, 2.45) is 5.92 Å². The molecular weight excluding hydrogens is 346 g/mol. The van der Waals surface area contributed by atoms with Crippen LogP contribution in [0.5, 0.6) is 0 Å². The Bertz CT molecular complexity index is 747. The van der Waals surface area contributed by atoms with Gasteiger partial charge in [-0.1, -0.05) is 24.3 Å². The summed E-state index contributed by atoms with van der Waals surface area (Å²) in [5, 5.41) is 3.06. The van der Waals surface area contributed by atoms with Crippen LogP contribution in [-0.4, -0.2) is 34.9 Å². The molecule has 0 atom stereocenters. The average molecular weight is 378 g/mol. The summed E-state index contributed by atoms with van der Waals surface area (Å²) in [6.07, 6.45) is 11.2. The number of piperidine rings is 1. The number of pyridine rings is 1. The monoisotopic (exact) mass is 377 g/mol. The first kappa shape index (κ1) is 19.1. The molecule has 4 nitrogen and oxygen atoms in total. The van der Waals surface area contributed by atoms with Crippen molar-refractivity contribution in [3.05, 3.63) is 65.5 Å². The maximum Gasteiger partial charge on any atom is 0.220 e. The van der Waals surface area contributed by atoms with E-state index in [-0.39, 0.29) is 5.91 Å². The van der Waals surface area contributed by atoms with Crippen molar-refractivity contribution >= 4 is 5.91 Å². The Kier molecular flexibility index (Phi) is 6.38. The van der Waals surface area contributed by atoms with Crippen molar-refractivity contribution < 1.29 is 4.79 Å². The number of rotatable bonds is 8. The molecule has 2 fully saturated rings. The lowest BCUT2D eigenvalue weighted by atomic mass is 9.89. The minimum atomic E-state index is 0.199. The van der Waals surface area contributed by atoms with Crippen LogP contribution in [0.15, 0.2) is 48.8 Å². The van der Waals surface area contributed by atoms with Crippen molar-refractivity contribution in [2.75, 3.05) is 13.1 Å². The van der Waals surface area contributed by atoms with E-state index >= 15 is 0 Å². The number of hydrogen-bond donors (Lipinski definition) is 1. The largest absolute Gasteiger partial charge is 0.353 e. The molecule has 4 rings (SSSR count). The molecule has 4 heteroatoms. The van der Waals surface area contributed by atoms with Crippen LogP contribution in [0, 0.1) is 5.92 Å². The third-order valence-corrected chi connectivity index (χ3v) is 5.99. The second-order valence-corrected chi connectivity index (χ2v) is 8.44. The Balaban J connectivity index is 1.18. The highest BCUT2D eigenvalue weighted by Gasteiger charge is 2.23. The molecule has 2 aromatic rings. The lowest BCUT2D eigenvalue weighted by molar-refractivity contribution is -0.121. The Morgan fingerprint density at radius 1 is 0.929 bits per heavy atom. The summed E-state index contributed by atoms with van der Waals surface area (Å²) in [6.45, 7) is 3.40. The van der Waals surface area contributed by atoms with Gasteiger partial charge in [-0.05, 0) is 86.4 Å². The predicted molar refractivity (Wildman–Crippen MR) is 112 cm³/mol. The average Bonchev–Trinajstić information content (AvgIpc) is 3.54. The van der Waals surface area contributed by atoms with Crippen molar-refractivity contribution in [3.8, 4) is 0 Å². The van der Waals surface area contributed by atoms with E-state index in [0.29, 0.717) is 12.5 Å². The van der Waals surface area contributed by atoms with Gasteiger partial charge in [0.25, 0.3) is 0 Å². The van der Waals surface area contributed by atoms with Crippen LogP contribution in [0.1, 0.15) is 48.8 Å². The van der Waals surface area contributed by atoms with Gasteiger partial charge in [-0.3, -0.25) is 14.7 Å². The third-order valence-electron chi connectivity index (χ3n) is 5.99. The molecule has 2 heterocycles. The number of hydrogen-bond acceptors (Lipinski definition) is 3. The molecule has 28 heavy (non-hydrogen) atoms. The van der Waals surface area contributed by atoms with E-state index in [1.54, 1.807) is 0 Å². The summed E-state index contributed by atoms with van der Waals surface area (Å²) in [4.78, 5) is 18.5. The van der Waals surface area contributed by atoms with E-state index in [1.165, 1.54) is 49.0 Å². The molecule has 0 unspecified atom stereocenters. The second-order valence-electron chi connectivity index (χ2n) is 8.44. The fourth-order valence-electron chi connectivity index (χ4n) is 4.06. The van der Waals surface area contributed by atoms with Crippen LogP contribution >= 0.6 is 0 Å². The summed E-state index contributed by atoms with van der Waals surface area (Å²) in [6, 6.07) is 13.6. The van der Waals surface area contributed by atoms with Crippen LogP contribution in [0.4, 0.5) is 0 Å². The standard InChI is InChI=1S/C24H31N3O/c28-24(26-23-6-7-23)8-5-19-1-3-20(4-2-19)17-21-11-15-27(16-12-21)18-22-9-13-25-14-10-22/h1-4,9-10,13-14,21,23H,5-8,11-12,15-18H2,(H,26,28). The fraction of sp³-hybridized carbons (Fsp3) is 0.500. The first-order chi connectivity index (χ1) is 13.7. The number of carbonyl (C=O) groups excluding carboxylic acids is 1. The zero-order chi connectivity index (χ0) is 19.2. The molecule has 1 aromatic heterocycles. The van der Waals surface area contributed by atoms with E-state index in [2.05, 4.69) is 51.6 Å². The Hall–Kier alpha value is -2.20. The van der Waals surface area contributed by atoms with Crippen molar-refractivity contribution in [1.82, 2.24) is 15.2 Å². The SMILES string of the molecule is O=C(CCc1ccc(CC2CCN(Cc3ccncc3)CC2)cc1)NC1CC1. The van der Waals surface area contributed by atoms with E-state index in [9.17, 15) is 4.79 Å². The molecule has 1 aliphatic carbocycles. The molecule has 1 saturated carbocycles. The zero-order valence-electron chi connectivity index (χ0n) is 16.6. The summed E-state index contributed by atoms with van der Waals surface area (Å²) in [5.74, 6) is 0.981. The first-order valence-electron chi connectivity index (χ1n) is 10.7. The highest BCUT2D eigenvalue weighted by Crippen LogP contribution is 2.23. The second kappa shape index (κ2) is 9.33. The van der Waals surface area contributed by atoms with Gasteiger partial charge in [-0.15, -0.1) is 0 Å². The number of benzene rings is 1. The molecule has 0 spiro atoms. The Labute approximate surface area is 168 Å². The minimum Gasteiger partial charge on any atom is -0.353 e. The third kappa shape index (κ3) is 5.90. The maximum absolute atomic E-state index is 11.8.